The molecule has 3 heterocycles. The highest BCUT2D eigenvalue weighted by Gasteiger charge is 2.24. The quantitative estimate of drug-likeness (QED) is 0.402. The Balaban J connectivity index is 1.83. The van der Waals surface area contributed by atoms with Crippen LogP contribution < -0.4 is 10.6 Å². The van der Waals surface area contributed by atoms with Crippen molar-refractivity contribution in [2.45, 2.75) is 0 Å². The molecule has 0 aliphatic rings. The Kier molecular flexibility index (Phi) is 4.31. The van der Waals surface area contributed by atoms with Gasteiger partial charge in [-0.25, -0.2) is 18.7 Å². The molecule has 3 N–H and O–H groups in total. The summed E-state index contributed by atoms with van der Waals surface area (Å²) in [6.07, 6.45) is 3.02. The van der Waals surface area contributed by atoms with Crippen molar-refractivity contribution in [1.82, 2.24) is 15.0 Å². The molecule has 9 heteroatoms. The molecule has 1 aromatic carbocycles. The molecule has 0 fully saturated rings. The molecule has 6 nitrogen and oxygen atoms in total. The van der Waals surface area contributed by atoms with Gasteiger partial charge >= 0.3 is 0 Å². The number of nitrogens with zero attached hydrogens (tertiary/aromatic N) is 3. The Labute approximate surface area is 162 Å². The third-order valence-electron chi connectivity index (χ3n) is 4.29. The number of halogens is 2. The molecule has 0 spiro atoms. The Morgan fingerprint density at radius 2 is 2.07 bits per heavy atom. The van der Waals surface area contributed by atoms with Gasteiger partial charge in [-0.3, -0.25) is 4.79 Å². The maximum atomic E-state index is 14.3. The van der Waals surface area contributed by atoms with Crippen LogP contribution in [0, 0.1) is 11.6 Å². The van der Waals surface area contributed by atoms with Gasteiger partial charge in [0.2, 0.25) is 5.78 Å². The number of pyridine rings is 1. The summed E-state index contributed by atoms with van der Waals surface area (Å²) in [4.78, 5) is 26.4. The van der Waals surface area contributed by atoms with Gasteiger partial charge in [-0.1, -0.05) is 0 Å². The lowest BCUT2D eigenvalue weighted by Crippen LogP contribution is -2.09. The van der Waals surface area contributed by atoms with E-state index in [1.165, 1.54) is 17.5 Å². The summed E-state index contributed by atoms with van der Waals surface area (Å²) < 4.78 is 28.4. The standard InChI is InChI=1S/C19H15F2N5OS/c1-26(2)19-25-14(8-28-19)9-5-10-11(7-24-18(10)23-6-9)17(27)15-12(20)3-4-13(22)16(15)21/h3-8H,22H2,1-2H3,(H,23,24). The number of carbonyl (C=O) groups is 1. The molecule has 0 unspecified atom stereocenters. The number of benzene rings is 1. The first kappa shape index (κ1) is 18.1. The zero-order valence-electron chi connectivity index (χ0n) is 15.0. The second kappa shape index (κ2) is 6.68. The lowest BCUT2D eigenvalue weighted by atomic mass is 10.0. The predicted octanol–water partition coefficient (Wildman–Crippen LogP) is 3.84. The summed E-state index contributed by atoms with van der Waals surface area (Å²) in [7, 11) is 3.78. The number of nitrogens with two attached hydrogens (primary N) is 1. The lowest BCUT2D eigenvalue weighted by Gasteiger charge is -2.06. The number of aromatic nitrogens is 3. The molecule has 142 valence electrons. The van der Waals surface area contributed by atoms with Crippen LogP contribution in [0.3, 0.4) is 0 Å². The monoisotopic (exact) mass is 399 g/mol. The van der Waals surface area contributed by atoms with Crippen LogP contribution in [0.4, 0.5) is 19.6 Å². The number of carbonyl (C=O) groups excluding carboxylic acids is 1. The van der Waals surface area contributed by atoms with Crippen LogP contribution in [0.5, 0.6) is 0 Å². The number of H-pyrrole nitrogens is 1. The SMILES string of the molecule is CN(C)c1nc(-c2cnc3[nH]cc(C(=O)c4c(F)ccc(N)c4F)c3c2)cs1. The number of hydrogen-bond acceptors (Lipinski definition) is 6. The number of nitrogen functional groups attached to an aromatic ring is 1. The predicted molar refractivity (Wildman–Crippen MR) is 106 cm³/mol. The maximum Gasteiger partial charge on any atom is 0.201 e. The largest absolute Gasteiger partial charge is 0.396 e. The molecule has 0 bridgehead atoms. The molecule has 0 aliphatic heterocycles. The lowest BCUT2D eigenvalue weighted by molar-refractivity contribution is 0.103. The van der Waals surface area contributed by atoms with E-state index in [4.69, 9.17) is 5.73 Å². The molecule has 0 amide bonds. The van der Waals surface area contributed by atoms with Crippen LogP contribution in [0.15, 0.2) is 36.0 Å². The Bertz CT molecular complexity index is 1210. The normalized spacial score (nSPS) is 11.1. The zero-order valence-corrected chi connectivity index (χ0v) is 15.8. The van der Waals surface area contributed by atoms with Crippen molar-refractivity contribution in [3.63, 3.8) is 0 Å². The van der Waals surface area contributed by atoms with Gasteiger partial charge in [0.15, 0.2) is 10.9 Å². The first-order valence-corrected chi connectivity index (χ1v) is 9.13. The van der Waals surface area contributed by atoms with Crippen molar-refractivity contribution in [2.75, 3.05) is 24.7 Å². The Hall–Kier alpha value is -3.33. The third kappa shape index (κ3) is 2.89. The van der Waals surface area contributed by atoms with Gasteiger partial charge in [0.25, 0.3) is 0 Å². The van der Waals surface area contributed by atoms with E-state index in [1.54, 1.807) is 12.3 Å². The summed E-state index contributed by atoms with van der Waals surface area (Å²) in [5.41, 5.74) is 6.45. The third-order valence-corrected chi connectivity index (χ3v) is 5.30. The molecule has 28 heavy (non-hydrogen) atoms. The number of anilines is 2. The van der Waals surface area contributed by atoms with E-state index >= 15 is 0 Å². The molecule has 0 saturated carbocycles. The number of thiazole rings is 1. The average molecular weight is 399 g/mol. The molecule has 0 radical (unpaired) electrons. The summed E-state index contributed by atoms with van der Waals surface area (Å²) in [5, 5.41) is 3.15. The number of nitrogens with one attached hydrogen (secondary N) is 1. The molecular weight excluding hydrogens is 384 g/mol. The number of aromatic amines is 1. The van der Waals surface area contributed by atoms with Crippen molar-refractivity contribution >= 4 is 39.0 Å². The number of hydrogen-bond donors (Lipinski definition) is 2. The van der Waals surface area contributed by atoms with Crippen LogP contribution >= 0.6 is 11.3 Å². The molecule has 4 aromatic rings. The van der Waals surface area contributed by atoms with Crippen molar-refractivity contribution in [2.24, 2.45) is 0 Å². The summed E-state index contributed by atoms with van der Waals surface area (Å²) in [6.45, 7) is 0. The van der Waals surface area contributed by atoms with Gasteiger partial charge in [0, 0.05) is 48.4 Å². The van der Waals surface area contributed by atoms with Gasteiger partial charge in [0.1, 0.15) is 11.5 Å². The highest BCUT2D eigenvalue weighted by molar-refractivity contribution is 7.14. The van der Waals surface area contributed by atoms with Gasteiger partial charge < -0.3 is 15.6 Å². The average Bonchev–Trinajstić information content (AvgIpc) is 3.31. The highest BCUT2D eigenvalue weighted by atomic mass is 32.1. The molecule has 4 rings (SSSR count). The zero-order chi connectivity index (χ0) is 20.0. The fourth-order valence-electron chi connectivity index (χ4n) is 2.84. The Morgan fingerprint density at radius 1 is 1.29 bits per heavy atom. The van der Waals surface area contributed by atoms with Crippen molar-refractivity contribution < 1.29 is 13.6 Å². The van der Waals surface area contributed by atoms with Crippen LogP contribution in [0.2, 0.25) is 0 Å². The van der Waals surface area contributed by atoms with E-state index in [2.05, 4.69) is 15.0 Å². The minimum absolute atomic E-state index is 0.107. The molecule has 3 aromatic heterocycles. The fraction of sp³-hybridized carbons (Fsp3) is 0.105. The molecule has 0 aliphatic carbocycles. The first-order chi connectivity index (χ1) is 13.4. The maximum absolute atomic E-state index is 14.3. The van der Waals surface area contributed by atoms with E-state index in [9.17, 15) is 13.6 Å². The van der Waals surface area contributed by atoms with Crippen LogP contribution in [-0.2, 0) is 0 Å². The highest BCUT2D eigenvalue weighted by Crippen LogP contribution is 2.30. The van der Waals surface area contributed by atoms with Gasteiger partial charge in [-0.2, -0.15) is 0 Å². The second-order valence-electron chi connectivity index (χ2n) is 6.39. The smallest absolute Gasteiger partial charge is 0.201 e. The van der Waals surface area contributed by atoms with Gasteiger partial charge in [-0.15, -0.1) is 11.3 Å². The van der Waals surface area contributed by atoms with Gasteiger partial charge in [0.05, 0.1) is 16.9 Å². The van der Waals surface area contributed by atoms with Crippen molar-refractivity contribution in [1.29, 1.82) is 0 Å². The van der Waals surface area contributed by atoms with E-state index in [0.717, 1.165) is 17.3 Å². The molecular formula is C19H15F2N5OS. The summed E-state index contributed by atoms with van der Waals surface area (Å²) in [6, 6.07) is 3.78. The van der Waals surface area contributed by atoms with E-state index in [0.29, 0.717) is 22.3 Å². The van der Waals surface area contributed by atoms with E-state index in [-0.39, 0.29) is 11.3 Å². The van der Waals surface area contributed by atoms with Crippen molar-refractivity contribution in [3.8, 4) is 11.3 Å². The second-order valence-corrected chi connectivity index (χ2v) is 7.22. The van der Waals surface area contributed by atoms with Crippen molar-refractivity contribution in [3.05, 3.63) is 58.7 Å². The Morgan fingerprint density at radius 3 is 2.79 bits per heavy atom. The molecule has 0 atom stereocenters. The topological polar surface area (TPSA) is 87.9 Å². The van der Waals surface area contributed by atoms with Crippen LogP contribution in [-0.4, -0.2) is 34.8 Å². The van der Waals surface area contributed by atoms with Gasteiger partial charge in [-0.05, 0) is 18.2 Å². The first-order valence-electron chi connectivity index (χ1n) is 8.25. The van der Waals surface area contributed by atoms with Crippen LogP contribution in [0.25, 0.3) is 22.3 Å². The molecule has 0 saturated heterocycles. The number of ketones is 1. The van der Waals surface area contributed by atoms with E-state index in [1.807, 2.05) is 24.4 Å². The fourth-order valence-corrected chi connectivity index (χ4v) is 3.61. The summed E-state index contributed by atoms with van der Waals surface area (Å²) >= 11 is 1.47. The number of fused-ring (bicyclic) bond motifs is 1. The van der Waals surface area contributed by atoms with Crippen LogP contribution in [0.1, 0.15) is 15.9 Å². The van der Waals surface area contributed by atoms with E-state index < -0.39 is 23.0 Å². The minimum Gasteiger partial charge on any atom is -0.396 e. The summed E-state index contributed by atoms with van der Waals surface area (Å²) in [5.74, 6) is -2.84. The minimum atomic E-state index is -1.07. The number of rotatable bonds is 4.